The molecule has 1 N–H and O–H groups in total. The van der Waals surface area contributed by atoms with Crippen LogP contribution in [0.1, 0.15) is 50.8 Å². The largest absolute Gasteiger partial charge is 0.452 e. The lowest BCUT2D eigenvalue weighted by atomic mass is 10.0. The molecule has 1 aliphatic rings. The van der Waals surface area contributed by atoms with E-state index in [1.807, 2.05) is 32.9 Å². The van der Waals surface area contributed by atoms with Crippen molar-refractivity contribution in [1.82, 2.24) is 4.90 Å². The summed E-state index contributed by atoms with van der Waals surface area (Å²) in [5.41, 5.74) is 4.28. The first-order chi connectivity index (χ1) is 14.2. The van der Waals surface area contributed by atoms with E-state index in [0.29, 0.717) is 16.8 Å². The Labute approximate surface area is 175 Å². The summed E-state index contributed by atoms with van der Waals surface area (Å²) in [6.07, 6.45) is -1.20. The first kappa shape index (κ1) is 21.2. The van der Waals surface area contributed by atoms with Crippen LogP contribution in [0.3, 0.4) is 0 Å². The molecule has 1 heterocycles. The number of aryl methyl sites for hydroxylation is 3. The van der Waals surface area contributed by atoms with E-state index >= 15 is 0 Å². The Balaban J connectivity index is 1.55. The van der Waals surface area contributed by atoms with E-state index in [1.165, 1.54) is 6.92 Å². The van der Waals surface area contributed by atoms with E-state index in [1.54, 1.807) is 24.3 Å². The van der Waals surface area contributed by atoms with E-state index in [2.05, 4.69) is 5.32 Å². The fraction of sp³-hybridized carbons (Fsp3) is 0.304. The molecular formula is C23H24N2O5. The molecule has 3 rings (SSSR count). The smallest absolute Gasteiger partial charge is 0.308 e. The van der Waals surface area contributed by atoms with Gasteiger partial charge in [0.1, 0.15) is 0 Å². The molecule has 30 heavy (non-hydrogen) atoms. The van der Waals surface area contributed by atoms with E-state index in [-0.39, 0.29) is 13.0 Å². The number of ether oxygens (including phenoxy) is 1. The zero-order valence-electron chi connectivity index (χ0n) is 17.4. The lowest BCUT2D eigenvalue weighted by molar-refractivity contribution is -0.153. The van der Waals surface area contributed by atoms with Crippen molar-refractivity contribution in [3.63, 3.8) is 0 Å². The van der Waals surface area contributed by atoms with Crippen LogP contribution in [-0.4, -0.2) is 41.2 Å². The lowest BCUT2D eigenvalue weighted by Crippen LogP contribution is -2.34. The van der Waals surface area contributed by atoms with Gasteiger partial charge >= 0.3 is 5.97 Å². The Kier molecular flexibility index (Phi) is 6.01. The second kappa shape index (κ2) is 8.49. The highest BCUT2D eigenvalue weighted by Crippen LogP contribution is 2.23. The number of anilines is 1. The monoisotopic (exact) mass is 408 g/mol. The number of amides is 3. The van der Waals surface area contributed by atoms with Crippen LogP contribution in [0.15, 0.2) is 36.4 Å². The van der Waals surface area contributed by atoms with Crippen LogP contribution >= 0.6 is 0 Å². The number of benzene rings is 2. The Morgan fingerprint density at radius 2 is 1.53 bits per heavy atom. The van der Waals surface area contributed by atoms with Gasteiger partial charge in [0, 0.05) is 12.2 Å². The standard InChI is InChI=1S/C23H24N2O5/c1-13-11-14(2)20(15(3)12-13)24-21(27)16(4)30-19(26)9-10-25-22(28)17-7-5-6-8-18(17)23(25)29/h5-8,11-12,16H,9-10H2,1-4H3,(H,24,27)/t16-/m0/s1. The molecular weight excluding hydrogens is 384 g/mol. The van der Waals surface area contributed by atoms with Gasteiger partial charge in [0.25, 0.3) is 17.7 Å². The fourth-order valence-electron chi connectivity index (χ4n) is 3.56. The third-order valence-corrected chi connectivity index (χ3v) is 5.02. The molecule has 7 heteroatoms. The van der Waals surface area contributed by atoms with Crippen LogP contribution in [0.2, 0.25) is 0 Å². The molecule has 2 aromatic carbocycles. The van der Waals surface area contributed by atoms with Crippen LogP contribution in [-0.2, 0) is 14.3 Å². The average Bonchev–Trinajstić information content (AvgIpc) is 2.93. The highest BCUT2D eigenvalue weighted by molar-refractivity contribution is 6.21. The number of rotatable bonds is 6. The maximum absolute atomic E-state index is 12.4. The van der Waals surface area contributed by atoms with Crippen molar-refractivity contribution in [3.05, 3.63) is 64.2 Å². The summed E-state index contributed by atoms with van der Waals surface area (Å²) >= 11 is 0. The highest BCUT2D eigenvalue weighted by atomic mass is 16.5. The fourth-order valence-corrected chi connectivity index (χ4v) is 3.56. The van der Waals surface area contributed by atoms with Gasteiger partial charge in [-0.15, -0.1) is 0 Å². The number of fused-ring (bicyclic) bond motifs is 1. The minimum atomic E-state index is -1.01. The van der Waals surface area contributed by atoms with E-state index < -0.39 is 29.8 Å². The summed E-state index contributed by atoms with van der Waals surface area (Å²) in [7, 11) is 0. The number of hydrogen-bond donors (Lipinski definition) is 1. The number of hydrogen-bond acceptors (Lipinski definition) is 5. The van der Waals surface area contributed by atoms with E-state index in [9.17, 15) is 19.2 Å². The SMILES string of the molecule is Cc1cc(C)c(NC(=O)[C@H](C)OC(=O)CCN2C(=O)c3ccccc3C2=O)c(C)c1. The maximum atomic E-state index is 12.4. The summed E-state index contributed by atoms with van der Waals surface area (Å²) in [5, 5.41) is 2.80. The van der Waals surface area contributed by atoms with Crippen LogP contribution < -0.4 is 5.32 Å². The van der Waals surface area contributed by atoms with Crippen molar-refractivity contribution < 1.29 is 23.9 Å². The van der Waals surface area contributed by atoms with Gasteiger partial charge in [0.05, 0.1) is 17.5 Å². The van der Waals surface area contributed by atoms with Gasteiger partial charge < -0.3 is 10.1 Å². The number of nitrogens with zero attached hydrogens (tertiary/aromatic N) is 1. The molecule has 0 unspecified atom stereocenters. The van der Waals surface area contributed by atoms with Crippen molar-refractivity contribution in [1.29, 1.82) is 0 Å². The summed E-state index contributed by atoms with van der Waals surface area (Å²) in [4.78, 5) is 50.3. The van der Waals surface area contributed by atoms with Crippen molar-refractivity contribution in [2.24, 2.45) is 0 Å². The Morgan fingerprint density at radius 3 is 2.07 bits per heavy atom. The minimum Gasteiger partial charge on any atom is -0.452 e. The molecule has 156 valence electrons. The second-order valence-electron chi connectivity index (χ2n) is 7.45. The predicted octanol–water partition coefficient (Wildman–Crippen LogP) is 3.17. The molecule has 3 amide bonds. The van der Waals surface area contributed by atoms with Gasteiger partial charge in [-0.25, -0.2) is 0 Å². The van der Waals surface area contributed by atoms with Crippen molar-refractivity contribution >= 4 is 29.4 Å². The third-order valence-electron chi connectivity index (χ3n) is 5.02. The van der Waals surface area contributed by atoms with Gasteiger partial charge in [0.2, 0.25) is 0 Å². The van der Waals surface area contributed by atoms with Crippen molar-refractivity contribution in [3.8, 4) is 0 Å². The van der Waals surface area contributed by atoms with Crippen molar-refractivity contribution in [2.45, 2.75) is 40.2 Å². The maximum Gasteiger partial charge on any atom is 0.308 e. The quantitative estimate of drug-likeness (QED) is 0.585. The zero-order chi connectivity index (χ0) is 22.0. The Bertz CT molecular complexity index is 986. The van der Waals surface area contributed by atoms with Gasteiger partial charge in [-0.1, -0.05) is 29.8 Å². The van der Waals surface area contributed by atoms with Gasteiger partial charge in [-0.3, -0.25) is 24.1 Å². The zero-order valence-corrected chi connectivity index (χ0v) is 17.4. The molecule has 2 aromatic rings. The Hall–Kier alpha value is -3.48. The van der Waals surface area contributed by atoms with Crippen LogP contribution in [0.25, 0.3) is 0 Å². The number of carbonyl (C=O) groups excluding carboxylic acids is 4. The van der Waals surface area contributed by atoms with E-state index in [0.717, 1.165) is 21.6 Å². The van der Waals surface area contributed by atoms with Gasteiger partial charge in [-0.05, 0) is 51.0 Å². The lowest BCUT2D eigenvalue weighted by Gasteiger charge is -2.18. The molecule has 7 nitrogen and oxygen atoms in total. The average molecular weight is 408 g/mol. The predicted molar refractivity (Wildman–Crippen MR) is 111 cm³/mol. The van der Waals surface area contributed by atoms with Gasteiger partial charge in [-0.2, -0.15) is 0 Å². The molecule has 1 atom stereocenters. The summed E-state index contributed by atoms with van der Waals surface area (Å²) in [5.74, 6) is -1.97. The first-order valence-electron chi connectivity index (χ1n) is 9.72. The molecule has 0 saturated heterocycles. The molecule has 0 fully saturated rings. The normalized spacial score (nSPS) is 13.8. The van der Waals surface area contributed by atoms with Crippen LogP contribution in [0.4, 0.5) is 5.69 Å². The van der Waals surface area contributed by atoms with E-state index in [4.69, 9.17) is 4.74 Å². The Morgan fingerprint density at radius 1 is 1.00 bits per heavy atom. The van der Waals surface area contributed by atoms with Gasteiger partial charge in [0.15, 0.2) is 6.10 Å². The summed E-state index contributed by atoms with van der Waals surface area (Å²) in [6, 6.07) is 10.4. The highest BCUT2D eigenvalue weighted by Gasteiger charge is 2.35. The number of carbonyl (C=O) groups is 4. The molecule has 1 aliphatic heterocycles. The number of imide groups is 1. The molecule has 0 aliphatic carbocycles. The number of esters is 1. The molecule has 0 radical (unpaired) electrons. The molecule has 0 saturated carbocycles. The summed E-state index contributed by atoms with van der Waals surface area (Å²) < 4.78 is 5.19. The minimum absolute atomic E-state index is 0.101. The van der Waals surface area contributed by atoms with Crippen LogP contribution in [0.5, 0.6) is 0 Å². The van der Waals surface area contributed by atoms with Crippen LogP contribution in [0, 0.1) is 20.8 Å². The molecule has 0 bridgehead atoms. The topological polar surface area (TPSA) is 92.8 Å². The van der Waals surface area contributed by atoms with Crippen molar-refractivity contribution in [2.75, 3.05) is 11.9 Å². The molecule has 0 aromatic heterocycles. The number of nitrogens with one attached hydrogen (secondary N) is 1. The summed E-state index contributed by atoms with van der Waals surface area (Å²) in [6.45, 7) is 7.15. The molecule has 0 spiro atoms. The first-order valence-corrected chi connectivity index (χ1v) is 9.72. The third kappa shape index (κ3) is 4.25. The second-order valence-corrected chi connectivity index (χ2v) is 7.45.